The second kappa shape index (κ2) is 7.46. The summed E-state index contributed by atoms with van der Waals surface area (Å²) in [5, 5.41) is 2.70. The maximum Gasteiger partial charge on any atom is 0.411 e. The van der Waals surface area contributed by atoms with Crippen LogP contribution < -0.4 is 5.32 Å². The Morgan fingerprint density at radius 2 is 1.56 bits per heavy atom. The molecule has 1 aliphatic carbocycles. The number of rotatable bonds is 5. The number of fused-ring (bicyclic) bond motifs is 3. The van der Waals surface area contributed by atoms with Gasteiger partial charge < -0.3 is 9.53 Å². The molecule has 4 rings (SSSR count). The van der Waals surface area contributed by atoms with Gasteiger partial charge in [-0.3, -0.25) is 5.32 Å². The van der Waals surface area contributed by atoms with E-state index in [0.717, 1.165) is 5.56 Å². The number of carbonyl (C=O) groups is 2. The topological polar surface area (TPSA) is 55.4 Å². The van der Waals surface area contributed by atoms with Crippen molar-refractivity contribution in [3.63, 3.8) is 0 Å². The van der Waals surface area contributed by atoms with Crippen LogP contribution in [0.15, 0.2) is 72.8 Å². The Kier molecular flexibility index (Phi) is 4.37. The monoisotopic (exact) mass is 358 g/mol. The average molecular weight is 358 g/mol. The number of anilines is 1. The van der Waals surface area contributed by atoms with Crippen molar-refractivity contribution in [3.05, 3.63) is 89.5 Å². The number of carbonyl (C=O) groups excluding carboxylic acids is 2. The molecule has 0 saturated carbocycles. The van der Waals surface area contributed by atoms with Gasteiger partial charge in [0.05, 0.1) is 0 Å². The van der Waals surface area contributed by atoms with Gasteiger partial charge in [0.15, 0.2) is 0 Å². The first-order chi connectivity index (χ1) is 13.6. The smallest absolute Gasteiger partial charge is 0.411 e. The van der Waals surface area contributed by atoms with Crippen LogP contribution in [0.4, 0.5) is 10.5 Å². The molecule has 1 N–H and O–H groups in total. The molecule has 0 unspecified atom stereocenters. The average Bonchev–Trinajstić information content (AvgIpc) is 3.01. The third kappa shape index (κ3) is 3.47. The highest BCUT2D eigenvalue weighted by atomic mass is 16.5. The molecule has 27 heavy (non-hydrogen) atoms. The standard InChI is InChI=1S/C23H19NO3/c25-14-13-16-9-11-17(12-10-16)24-23(26)27-15-22-20-7-3-1-5-18(20)19-6-2-4-8-21(19)22/h1-12,14,22H,13,15H2,(H,24,26)/i14D. The van der Waals surface area contributed by atoms with E-state index in [0.29, 0.717) is 5.69 Å². The summed E-state index contributed by atoms with van der Waals surface area (Å²) >= 11 is 0. The second-order valence-corrected chi connectivity index (χ2v) is 6.47. The van der Waals surface area contributed by atoms with Crippen molar-refractivity contribution in [2.45, 2.75) is 12.3 Å². The summed E-state index contributed by atoms with van der Waals surface area (Å²) in [6.07, 6.45) is -1.10. The molecule has 0 aliphatic heterocycles. The van der Waals surface area contributed by atoms with E-state index in [-0.39, 0.29) is 18.9 Å². The Hall–Kier alpha value is -3.40. The Bertz CT molecular complexity index is 985. The largest absolute Gasteiger partial charge is 0.448 e. The molecule has 0 aromatic heterocycles. The van der Waals surface area contributed by atoms with Crippen LogP contribution in [0.5, 0.6) is 0 Å². The van der Waals surface area contributed by atoms with Crippen LogP contribution in [0, 0.1) is 0 Å². The van der Waals surface area contributed by atoms with E-state index in [1.807, 2.05) is 24.3 Å². The van der Waals surface area contributed by atoms with Crippen LogP contribution in [-0.2, 0) is 16.0 Å². The fourth-order valence-corrected chi connectivity index (χ4v) is 3.54. The third-order valence-electron chi connectivity index (χ3n) is 4.82. The minimum atomic E-state index is -0.641. The lowest BCUT2D eigenvalue weighted by atomic mass is 9.98. The van der Waals surface area contributed by atoms with Crippen molar-refractivity contribution in [1.29, 1.82) is 0 Å². The molecule has 0 fully saturated rings. The van der Waals surface area contributed by atoms with Crippen LogP contribution in [-0.4, -0.2) is 19.0 Å². The van der Waals surface area contributed by atoms with Crippen molar-refractivity contribution >= 4 is 18.0 Å². The highest BCUT2D eigenvalue weighted by Crippen LogP contribution is 2.44. The molecule has 0 saturated heterocycles. The Labute approximate surface area is 159 Å². The molecule has 0 bridgehead atoms. The summed E-state index contributed by atoms with van der Waals surface area (Å²) in [6.45, 7) is 0.255. The van der Waals surface area contributed by atoms with Crippen LogP contribution in [0.1, 0.15) is 24.0 Å². The van der Waals surface area contributed by atoms with Crippen molar-refractivity contribution in [2.24, 2.45) is 0 Å². The lowest BCUT2D eigenvalue weighted by Gasteiger charge is -2.14. The van der Waals surface area contributed by atoms with Gasteiger partial charge in [0, 0.05) is 18.0 Å². The number of aldehydes is 1. The number of ether oxygens (including phenoxy) is 1. The summed E-state index contributed by atoms with van der Waals surface area (Å²) in [5.41, 5.74) is 6.02. The van der Waals surface area contributed by atoms with Crippen LogP contribution in [0.2, 0.25) is 0 Å². The van der Waals surface area contributed by atoms with Crippen LogP contribution >= 0.6 is 0 Å². The zero-order valence-electron chi connectivity index (χ0n) is 15.6. The van der Waals surface area contributed by atoms with E-state index in [1.54, 1.807) is 24.3 Å². The summed E-state index contributed by atoms with van der Waals surface area (Å²) in [4.78, 5) is 23.1. The van der Waals surface area contributed by atoms with Crippen molar-refractivity contribution in [2.75, 3.05) is 11.9 Å². The van der Waals surface area contributed by atoms with E-state index in [1.165, 1.54) is 22.3 Å². The molecular formula is C23H19NO3. The molecular weight excluding hydrogens is 338 g/mol. The number of hydrogen-bond acceptors (Lipinski definition) is 3. The molecule has 0 spiro atoms. The fourth-order valence-electron chi connectivity index (χ4n) is 3.54. The Balaban J connectivity index is 1.42. The maximum atomic E-state index is 12.2. The highest BCUT2D eigenvalue weighted by Gasteiger charge is 2.28. The van der Waals surface area contributed by atoms with E-state index >= 15 is 0 Å². The van der Waals surface area contributed by atoms with Crippen molar-refractivity contribution in [3.8, 4) is 11.1 Å². The number of hydrogen-bond donors (Lipinski definition) is 1. The summed E-state index contributed by atoms with van der Waals surface area (Å²) < 4.78 is 12.5. The first-order valence-corrected chi connectivity index (χ1v) is 8.82. The number of benzene rings is 3. The fraction of sp³-hybridized carbons (Fsp3) is 0.130. The van der Waals surface area contributed by atoms with E-state index in [4.69, 9.17) is 6.11 Å². The molecule has 4 nitrogen and oxygen atoms in total. The van der Waals surface area contributed by atoms with E-state index in [9.17, 15) is 9.59 Å². The normalized spacial score (nSPS) is 12.7. The van der Waals surface area contributed by atoms with Gasteiger partial charge >= 0.3 is 6.09 Å². The van der Waals surface area contributed by atoms with Gasteiger partial charge in [-0.15, -0.1) is 0 Å². The van der Waals surface area contributed by atoms with Crippen LogP contribution in [0.3, 0.4) is 0 Å². The molecule has 1 aliphatic rings. The maximum absolute atomic E-state index is 12.2. The van der Waals surface area contributed by atoms with Gasteiger partial charge in [-0.2, -0.15) is 0 Å². The van der Waals surface area contributed by atoms with Gasteiger partial charge in [-0.25, -0.2) is 4.79 Å². The molecule has 3 aromatic carbocycles. The highest BCUT2D eigenvalue weighted by molar-refractivity contribution is 5.85. The molecule has 1 amide bonds. The molecule has 134 valence electrons. The van der Waals surface area contributed by atoms with Crippen LogP contribution in [0.25, 0.3) is 11.1 Å². The summed E-state index contributed by atoms with van der Waals surface area (Å²) in [7, 11) is 0. The van der Waals surface area contributed by atoms with Gasteiger partial charge in [-0.05, 0) is 39.9 Å². The minimum Gasteiger partial charge on any atom is -0.448 e. The Morgan fingerprint density at radius 1 is 0.963 bits per heavy atom. The molecule has 3 aromatic rings. The van der Waals surface area contributed by atoms with Crippen molar-refractivity contribution in [1.82, 2.24) is 0 Å². The second-order valence-electron chi connectivity index (χ2n) is 6.47. The van der Waals surface area contributed by atoms with Gasteiger partial charge in [0.25, 0.3) is 0 Å². The predicted octanol–water partition coefficient (Wildman–Crippen LogP) is 4.79. The molecule has 4 heteroatoms. The molecule has 0 radical (unpaired) electrons. The predicted molar refractivity (Wildman–Crippen MR) is 105 cm³/mol. The quantitative estimate of drug-likeness (QED) is 0.667. The first-order valence-electron chi connectivity index (χ1n) is 9.32. The Morgan fingerprint density at radius 3 is 2.15 bits per heavy atom. The zero-order chi connectivity index (χ0) is 19.5. The van der Waals surface area contributed by atoms with Crippen molar-refractivity contribution < 1.29 is 15.7 Å². The number of amides is 1. The molecule has 0 heterocycles. The SMILES string of the molecule is [2H]C(=O)Cc1ccc(NC(=O)OCC2c3ccccc3-c3ccccc32)cc1. The lowest BCUT2D eigenvalue weighted by Crippen LogP contribution is -2.17. The first kappa shape index (κ1) is 15.8. The van der Waals surface area contributed by atoms with E-state index in [2.05, 4.69) is 29.6 Å². The minimum absolute atomic E-state index is 0.0172. The van der Waals surface area contributed by atoms with Gasteiger partial charge in [-0.1, -0.05) is 60.7 Å². The van der Waals surface area contributed by atoms with Gasteiger partial charge in [0.1, 0.15) is 14.2 Å². The van der Waals surface area contributed by atoms with Gasteiger partial charge in [0.2, 0.25) is 0 Å². The van der Waals surface area contributed by atoms with E-state index < -0.39 is 12.4 Å². The molecule has 0 atom stereocenters. The zero-order valence-corrected chi connectivity index (χ0v) is 14.6. The number of nitrogens with one attached hydrogen (secondary N) is 1. The summed E-state index contributed by atoms with van der Waals surface area (Å²) in [6, 6.07) is 23.2. The summed E-state index contributed by atoms with van der Waals surface area (Å²) in [5.74, 6) is 0.0172. The lowest BCUT2D eigenvalue weighted by molar-refractivity contribution is -0.107. The third-order valence-corrected chi connectivity index (χ3v) is 4.82.